The lowest BCUT2D eigenvalue weighted by Crippen LogP contribution is -2.68. The highest BCUT2D eigenvalue weighted by Gasteiger charge is 2.51. The maximum atomic E-state index is 13.4. The monoisotopic (exact) mass is 443 g/mol. The fourth-order valence-corrected chi connectivity index (χ4v) is 6.13. The molecule has 3 aliphatic heterocycles. The number of thioether (sulfide) groups is 1. The van der Waals surface area contributed by atoms with Crippen molar-refractivity contribution in [2.45, 2.75) is 63.4 Å². The van der Waals surface area contributed by atoms with Crippen LogP contribution < -0.4 is 25.4 Å². The van der Waals surface area contributed by atoms with E-state index < -0.39 is 5.92 Å². The van der Waals surface area contributed by atoms with Gasteiger partial charge in [-0.2, -0.15) is 0 Å². The van der Waals surface area contributed by atoms with Crippen LogP contribution in [0.4, 0.5) is 0 Å². The van der Waals surface area contributed by atoms with Crippen LogP contribution in [0.2, 0.25) is 0 Å². The smallest absolute Gasteiger partial charge is 0.231 e. The molecule has 1 fully saturated rings. The molecule has 3 heterocycles. The van der Waals surface area contributed by atoms with E-state index in [0.717, 1.165) is 23.3 Å². The van der Waals surface area contributed by atoms with Crippen LogP contribution in [0.5, 0.6) is 11.5 Å². The third kappa shape index (κ3) is 3.69. The first kappa shape index (κ1) is 20.7. The minimum atomic E-state index is -0.437. The summed E-state index contributed by atoms with van der Waals surface area (Å²) in [6.45, 7) is 8.65. The lowest BCUT2D eigenvalue weighted by Gasteiger charge is -2.49. The van der Waals surface area contributed by atoms with Crippen molar-refractivity contribution < 1.29 is 19.1 Å². The van der Waals surface area contributed by atoms with E-state index in [1.54, 1.807) is 11.8 Å². The summed E-state index contributed by atoms with van der Waals surface area (Å²) in [5, 5.41) is 10.6. The summed E-state index contributed by atoms with van der Waals surface area (Å²) in [6, 6.07) is 5.76. The molecule has 166 valence electrons. The molecule has 7 nitrogen and oxygen atoms in total. The quantitative estimate of drug-likeness (QED) is 0.662. The molecule has 0 bridgehead atoms. The molecule has 3 N–H and O–H groups in total. The number of nitrogens with one attached hydrogen (secondary N) is 3. The van der Waals surface area contributed by atoms with Gasteiger partial charge in [0.25, 0.3) is 0 Å². The molecule has 1 amide bonds. The summed E-state index contributed by atoms with van der Waals surface area (Å²) in [6.07, 6.45) is 1.01. The van der Waals surface area contributed by atoms with Crippen molar-refractivity contribution in [2.75, 3.05) is 6.79 Å². The van der Waals surface area contributed by atoms with Crippen LogP contribution >= 0.6 is 11.8 Å². The second-order valence-electron chi connectivity index (χ2n) is 9.81. The van der Waals surface area contributed by atoms with Gasteiger partial charge in [0.05, 0.1) is 12.1 Å². The predicted octanol–water partition coefficient (Wildman–Crippen LogP) is 2.83. The zero-order valence-electron chi connectivity index (χ0n) is 18.3. The van der Waals surface area contributed by atoms with Crippen molar-refractivity contribution in [1.29, 1.82) is 0 Å². The molecule has 1 aromatic rings. The SMILES string of the molecule is CC(C)SC1NC(=O)C2C(NC3=C(C(=O)CC(C)(C)C3)C2c2ccc3c(c2)OCO3)N1. The van der Waals surface area contributed by atoms with Gasteiger partial charge in [-0.1, -0.05) is 33.8 Å². The van der Waals surface area contributed by atoms with Gasteiger partial charge in [-0.3, -0.25) is 14.9 Å². The fraction of sp³-hybridized carbons (Fsp3) is 0.565. The molecule has 0 aromatic heterocycles. The van der Waals surface area contributed by atoms with E-state index in [-0.39, 0.29) is 41.5 Å². The van der Waals surface area contributed by atoms with Crippen molar-refractivity contribution in [2.24, 2.45) is 11.3 Å². The first-order valence-electron chi connectivity index (χ1n) is 10.9. The Labute approximate surface area is 186 Å². The van der Waals surface area contributed by atoms with Crippen LogP contribution in [0, 0.1) is 11.3 Å². The van der Waals surface area contributed by atoms with Gasteiger partial charge >= 0.3 is 0 Å². The fourth-order valence-electron chi connectivity index (χ4n) is 5.18. The van der Waals surface area contributed by atoms with Crippen LogP contribution in [0.1, 0.15) is 52.0 Å². The van der Waals surface area contributed by atoms with Crippen molar-refractivity contribution in [1.82, 2.24) is 16.0 Å². The minimum absolute atomic E-state index is 0.0405. The molecule has 0 saturated carbocycles. The highest BCUT2D eigenvalue weighted by molar-refractivity contribution is 8.00. The highest BCUT2D eigenvalue weighted by Crippen LogP contribution is 2.49. The lowest BCUT2D eigenvalue weighted by molar-refractivity contribution is -0.130. The normalized spacial score (nSPS) is 31.1. The molecule has 4 aliphatic rings. The summed E-state index contributed by atoms with van der Waals surface area (Å²) in [7, 11) is 0. The number of Topliss-reactive ketones (excluding diaryl/α,β-unsaturated/α-hetero) is 1. The zero-order valence-corrected chi connectivity index (χ0v) is 19.1. The van der Waals surface area contributed by atoms with Gasteiger partial charge in [0.2, 0.25) is 12.7 Å². The Morgan fingerprint density at radius 2 is 1.87 bits per heavy atom. The molecule has 8 heteroatoms. The Kier molecular flexibility index (Phi) is 4.97. The van der Waals surface area contributed by atoms with Crippen LogP contribution in [0.15, 0.2) is 29.5 Å². The van der Waals surface area contributed by atoms with E-state index in [1.165, 1.54) is 0 Å². The average molecular weight is 444 g/mol. The van der Waals surface area contributed by atoms with Crippen molar-refractivity contribution in [3.8, 4) is 11.5 Å². The molecule has 4 unspecified atom stereocenters. The second-order valence-corrected chi connectivity index (χ2v) is 11.5. The topological polar surface area (TPSA) is 88.7 Å². The number of rotatable bonds is 3. The number of fused-ring (bicyclic) bond motifs is 2. The van der Waals surface area contributed by atoms with E-state index in [0.29, 0.717) is 23.2 Å². The standard InChI is InChI=1S/C23H29N3O4S/c1-11(2)31-22-25-20-19(21(28)26-22)17(12-5-6-15-16(7-12)30-10-29-15)18-13(24-20)8-23(3,4)9-14(18)27/h5-7,11,17,19-20,22,24-25H,8-10H2,1-4H3,(H,26,28). The molecule has 0 radical (unpaired) electrons. The molecule has 1 saturated heterocycles. The van der Waals surface area contributed by atoms with Gasteiger partial charge in [-0.25, -0.2) is 0 Å². The highest BCUT2D eigenvalue weighted by atomic mass is 32.2. The van der Waals surface area contributed by atoms with Gasteiger partial charge in [0, 0.05) is 28.9 Å². The molecular formula is C23H29N3O4S. The molecule has 4 atom stereocenters. The van der Waals surface area contributed by atoms with E-state index in [2.05, 4.69) is 43.6 Å². The van der Waals surface area contributed by atoms with Gasteiger partial charge in [-0.15, -0.1) is 11.8 Å². The molecule has 5 rings (SSSR count). The van der Waals surface area contributed by atoms with E-state index in [9.17, 15) is 9.59 Å². The van der Waals surface area contributed by atoms with Crippen molar-refractivity contribution >= 4 is 23.5 Å². The number of allylic oxidation sites excluding steroid dienone is 2. The van der Waals surface area contributed by atoms with Gasteiger partial charge in [0.1, 0.15) is 5.50 Å². The van der Waals surface area contributed by atoms with Gasteiger partial charge in [0.15, 0.2) is 17.3 Å². The van der Waals surface area contributed by atoms with E-state index >= 15 is 0 Å². The van der Waals surface area contributed by atoms with Gasteiger partial charge in [-0.05, 0) is 29.5 Å². The van der Waals surface area contributed by atoms with Crippen molar-refractivity contribution in [3.63, 3.8) is 0 Å². The lowest BCUT2D eigenvalue weighted by atomic mass is 9.66. The van der Waals surface area contributed by atoms with Crippen molar-refractivity contribution in [3.05, 3.63) is 35.0 Å². The number of carbonyl (C=O) groups is 2. The molecule has 0 spiro atoms. The maximum Gasteiger partial charge on any atom is 0.231 e. The summed E-state index contributed by atoms with van der Waals surface area (Å²) in [5.41, 5.74) is 2.33. The number of hydrogen-bond acceptors (Lipinski definition) is 7. The second kappa shape index (κ2) is 7.45. The first-order chi connectivity index (χ1) is 14.7. The number of hydrogen-bond donors (Lipinski definition) is 3. The number of benzene rings is 1. The Hall–Kier alpha value is -2.19. The molecule has 1 aromatic carbocycles. The Bertz CT molecular complexity index is 974. The third-order valence-corrected chi connectivity index (χ3v) is 7.42. The number of ether oxygens (including phenoxy) is 2. The average Bonchev–Trinajstić information content (AvgIpc) is 3.12. The zero-order chi connectivity index (χ0) is 21.9. The molecular weight excluding hydrogens is 414 g/mol. The van der Waals surface area contributed by atoms with Crippen LogP contribution in [0.25, 0.3) is 0 Å². The summed E-state index contributed by atoms with van der Waals surface area (Å²) in [4.78, 5) is 26.7. The minimum Gasteiger partial charge on any atom is -0.454 e. The number of amides is 1. The summed E-state index contributed by atoms with van der Waals surface area (Å²) >= 11 is 1.68. The Morgan fingerprint density at radius 3 is 2.65 bits per heavy atom. The maximum absolute atomic E-state index is 13.4. The summed E-state index contributed by atoms with van der Waals surface area (Å²) in [5.74, 6) is 0.660. The van der Waals surface area contributed by atoms with E-state index in [4.69, 9.17) is 9.47 Å². The number of carbonyl (C=O) groups excluding carboxylic acids is 2. The molecule has 1 aliphatic carbocycles. The van der Waals surface area contributed by atoms with Crippen LogP contribution in [-0.2, 0) is 9.59 Å². The third-order valence-electron chi connectivity index (χ3n) is 6.35. The van der Waals surface area contributed by atoms with E-state index in [1.807, 2.05) is 18.2 Å². The Morgan fingerprint density at radius 1 is 1.10 bits per heavy atom. The van der Waals surface area contributed by atoms with Crippen LogP contribution in [0.3, 0.4) is 0 Å². The number of ketones is 1. The van der Waals surface area contributed by atoms with Gasteiger partial charge < -0.3 is 20.1 Å². The molecule has 31 heavy (non-hydrogen) atoms. The first-order valence-corrected chi connectivity index (χ1v) is 11.8. The van der Waals surface area contributed by atoms with Crippen LogP contribution in [-0.4, -0.2) is 35.4 Å². The summed E-state index contributed by atoms with van der Waals surface area (Å²) < 4.78 is 11.1. The largest absolute Gasteiger partial charge is 0.454 e. The predicted molar refractivity (Wildman–Crippen MR) is 119 cm³/mol. The Balaban J connectivity index is 1.59.